The van der Waals surface area contributed by atoms with Gasteiger partial charge in [-0.3, -0.25) is 0 Å². The van der Waals surface area contributed by atoms with Crippen molar-refractivity contribution >= 4 is 10.8 Å². The second-order valence-corrected chi connectivity index (χ2v) is 4.21. The Labute approximate surface area is 96.1 Å². The standard InChI is InChI=1S/C14H17NO/c1-3-4-8-13-10-12-7-5-6-9-14(12)11(2)15(13)16/h5-7,9-10H,3-4,8H2,1-2H3. The fourth-order valence-electron chi connectivity index (χ4n) is 2.05. The second-order valence-electron chi connectivity index (χ2n) is 4.21. The summed E-state index contributed by atoms with van der Waals surface area (Å²) in [5.74, 6) is 0. The van der Waals surface area contributed by atoms with Gasteiger partial charge in [0.25, 0.3) is 0 Å². The Bertz CT molecular complexity index is 505. The maximum atomic E-state index is 12.0. The van der Waals surface area contributed by atoms with Crippen LogP contribution in [-0.4, -0.2) is 0 Å². The van der Waals surface area contributed by atoms with Gasteiger partial charge in [0, 0.05) is 24.8 Å². The molecular weight excluding hydrogens is 198 g/mol. The Kier molecular flexibility index (Phi) is 3.09. The third kappa shape index (κ3) is 1.87. The van der Waals surface area contributed by atoms with Gasteiger partial charge in [-0.1, -0.05) is 31.5 Å². The summed E-state index contributed by atoms with van der Waals surface area (Å²) in [7, 11) is 0. The van der Waals surface area contributed by atoms with Gasteiger partial charge in [0.05, 0.1) is 0 Å². The zero-order valence-electron chi connectivity index (χ0n) is 9.86. The van der Waals surface area contributed by atoms with Gasteiger partial charge in [0.2, 0.25) is 0 Å². The number of hydrogen-bond donors (Lipinski definition) is 0. The molecule has 84 valence electrons. The van der Waals surface area contributed by atoms with E-state index in [1.165, 1.54) is 5.39 Å². The van der Waals surface area contributed by atoms with Gasteiger partial charge in [-0.25, -0.2) is 0 Å². The molecule has 0 saturated heterocycles. The molecule has 1 heterocycles. The first kappa shape index (κ1) is 10.9. The Morgan fingerprint density at radius 1 is 1.25 bits per heavy atom. The monoisotopic (exact) mass is 215 g/mol. The second kappa shape index (κ2) is 4.52. The Balaban J connectivity index is 2.55. The zero-order chi connectivity index (χ0) is 11.5. The van der Waals surface area contributed by atoms with Crippen LogP contribution in [-0.2, 0) is 6.42 Å². The van der Waals surface area contributed by atoms with Crippen LogP contribution in [0.5, 0.6) is 0 Å². The van der Waals surface area contributed by atoms with Crippen LogP contribution >= 0.6 is 0 Å². The molecule has 0 atom stereocenters. The summed E-state index contributed by atoms with van der Waals surface area (Å²) < 4.78 is 1.08. The molecule has 0 N–H and O–H groups in total. The number of unbranched alkanes of at least 4 members (excludes halogenated alkanes) is 1. The Morgan fingerprint density at radius 2 is 2.00 bits per heavy atom. The average Bonchev–Trinajstić information content (AvgIpc) is 2.32. The van der Waals surface area contributed by atoms with Crippen molar-refractivity contribution < 1.29 is 4.73 Å². The molecule has 2 nitrogen and oxygen atoms in total. The van der Waals surface area contributed by atoms with Crippen molar-refractivity contribution in [2.45, 2.75) is 33.1 Å². The van der Waals surface area contributed by atoms with Gasteiger partial charge in [0.15, 0.2) is 11.4 Å². The summed E-state index contributed by atoms with van der Waals surface area (Å²) in [6.07, 6.45) is 3.05. The summed E-state index contributed by atoms with van der Waals surface area (Å²) in [4.78, 5) is 0. The maximum Gasteiger partial charge on any atom is 0.197 e. The highest BCUT2D eigenvalue weighted by molar-refractivity contribution is 5.83. The van der Waals surface area contributed by atoms with Crippen LogP contribution in [0.3, 0.4) is 0 Å². The maximum absolute atomic E-state index is 12.0. The van der Waals surface area contributed by atoms with Crippen molar-refractivity contribution in [3.05, 3.63) is 46.9 Å². The molecule has 0 fully saturated rings. The van der Waals surface area contributed by atoms with Gasteiger partial charge in [-0.05, 0) is 17.9 Å². The number of aryl methyl sites for hydroxylation is 2. The lowest BCUT2D eigenvalue weighted by molar-refractivity contribution is -0.619. The molecular formula is C14H17NO. The molecule has 0 aliphatic carbocycles. The fourth-order valence-corrected chi connectivity index (χ4v) is 2.05. The van der Waals surface area contributed by atoms with Crippen molar-refractivity contribution in [3.8, 4) is 0 Å². The number of rotatable bonds is 3. The van der Waals surface area contributed by atoms with Crippen molar-refractivity contribution in [3.63, 3.8) is 0 Å². The van der Waals surface area contributed by atoms with Crippen LogP contribution < -0.4 is 4.73 Å². The molecule has 2 rings (SSSR count). The van der Waals surface area contributed by atoms with Gasteiger partial charge in [-0.2, -0.15) is 4.73 Å². The van der Waals surface area contributed by atoms with Crippen molar-refractivity contribution in [2.24, 2.45) is 0 Å². The number of pyridine rings is 1. The van der Waals surface area contributed by atoms with Crippen LogP contribution in [0.1, 0.15) is 31.2 Å². The molecule has 0 aliphatic rings. The number of hydrogen-bond acceptors (Lipinski definition) is 1. The number of nitrogens with zero attached hydrogens (tertiary/aromatic N) is 1. The minimum Gasteiger partial charge on any atom is -0.618 e. The first-order valence-corrected chi connectivity index (χ1v) is 5.85. The van der Waals surface area contributed by atoms with Crippen LogP contribution in [0.25, 0.3) is 10.8 Å². The summed E-state index contributed by atoms with van der Waals surface area (Å²) >= 11 is 0. The highest BCUT2D eigenvalue weighted by Gasteiger charge is 2.12. The first-order valence-electron chi connectivity index (χ1n) is 5.85. The minimum atomic E-state index is 0.809. The third-order valence-corrected chi connectivity index (χ3v) is 3.02. The Hall–Kier alpha value is -1.57. The van der Waals surface area contributed by atoms with Gasteiger partial charge >= 0.3 is 0 Å². The number of benzene rings is 1. The predicted molar refractivity (Wildman–Crippen MR) is 66.3 cm³/mol. The normalized spacial score (nSPS) is 10.9. The number of aromatic nitrogens is 1. The SMILES string of the molecule is CCCCc1cc2ccccc2c(C)[n+]1[O-]. The molecule has 0 spiro atoms. The molecule has 2 heteroatoms. The lowest BCUT2D eigenvalue weighted by Gasteiger charge is -2.09. The van der Waals surface area contributed by atoms with E-state index in [0.29, 0.717) is 0 Å². The summed E-state index contributed by atoms with van der Waals surface area (Å²) in [6.45, 7) is 4.04. The first-order chi connectivity index (χ1) is 7.74. The van der Waals surface area contributed by atoms with E-state index in [2.05, 4.69) is 13.0 Å². The van der Waals surface area contributed by atoms with E-state index < -0.39 is 0 Å². The van der Waals surface area contributed by atoms with E-state index >= 15 is 0 Å². The van der Waals surface area contributed by atoms with E-state index in [-0.39, 0.29) is 0 Å². The molecule has 0 bridgehead atoms. The molecule has 0 aliphatic heterocycles. The van der Waals surface area contributed by atoms with Crippen LogP contribution in [0, 0.1) is 12.1 Å². The van der Waals surface area contributed by atoms with Crippen molar-refractivity contribution in [1.29, 1.82) is 0 Å². The topological polar surface area (TPSA) is 26.9 Å². The minimum absolute atomic E-state index is 0.809. The summed E-state index contributed by atoms with van der Waals surface area (Å²) in [6, 6.07) is 10.1. The summed E-state index contributed by atoms with van der Waals surface area (Å²) in [5.41, 5.74) is 1.70. The van der Waals surface area contributed by atoms with Gasteiger partial charge in [-0.15, -0.1) is 0 Å². The fraction of sp³-hybridized carbons (Fsp3) is 0.357. The van der Waals surface area contributed by atoms with Gasteiger partial charge in [0.1, 0.15) is 0 Å². The quantitative estimate of drug-likeness (QED) is 0.571. The van der Waals surface area contributed by atoms with Crippen LogP contribution in [0.4, 0.5) is 0 Å². The molecule has 1 aromatic heterocycles. The molecule has 2 aromatic rings. The van der Waals surface area contributed by atoms with E-state index in [4.69, 9.17) is 0 Å². The van der Waals surface area contributed by atoms with E-state index in [0.717, 1.165) is 40.8 Å². The molecule has 0 saturated carbocycles. The van der Waals surface area contributed by atoms with E-state index in [1.807, 2.05) is 31.2 Å². The highest BCUT2D eigenvalue weighted by Crippen LogP contribution is 2.17. The van der Waals surface area contributed by atoms with E-state index in [1.54, 1.807) is 0 Å². The number of fused-ring (bicyclic) bond motifs is 1. The zero-order valence-corrected chi connectivity index (χ0v) is 9.86. The lowest BCUT2D eigenvalue weighted by atomic mass is 10.1. The lowest BCUT2D eigenvalue weighted by Crippen LogP contribution is -2.35. The molecule has 0 radical (unpaired) electrons. The van der Waals surface area contributed by atoms with Crippen LogP contribution in [0.15, 0.2) is 30.3 Å². The highest BCUT2D eigenvalue weighted by atomic mass is 16.5. The molecule has 0 unspecified atom stereocenters. The third-order valence-electron chi connectivity index (χ3n) is 3.02. The van der Waals surface area contributed by atoms with Crippen molar-refractivity contribution in [1.82, 2.24) is 0 Å². The van der Waals surface area contributed by atoms with Gasteiger partial charge < -0.3 is 5.21 Å². The Morgan fingerprint density at radius 3 is 2.75 bits per heavy atom. The predicted octanol–water partition coefficient (Wildman–Crippen LogP) is 3.12. The smallest absolute Gasteiger partial charge is 0.197 e. The average molecular weight is 215 g/mol. The molecule has 0 amide bonds. The van der Waals surface area contributed by atoms with Crippen molar-refractivity contribution in [2.75, 3.05) is 0 Å². The van der Waals surface area contributed by atoms with E-state index in [9.17, 15) is 5.21 Å². The molecule has 1 aromatic carbocycles. The molecule has 16 heavy (non-hydrogen) atoms. The largest absolute Gasteiger partial charge is 0.618 e. The van der Waals surface area contributed by atoms with Crippen LogP contribution in [0.2, 0.25) is 0 Å². The summed E-state index contributed by atoms with van der Waals surface area (Å²) in [5, 5.41) is 14.2.